The minimum absolute atomic E-state index is 0.184. The second-order valence-corrected chi connectivity index (χ2v) is 6.97. The van der Waals surface area contributed by atoms with E-state index in [1.807, 2.05) is 61.5 Å². The standard InChI is InChI=1S/C26H22FN3O/c1-3-29-26(31)16-24(19-10-5-4-6-11-19)30-25-15-21(22(17-28)14-23(25)27)13-20-12-8-7-9-18(20)2/h3-12,14-16,30H,1,13H2,2H3,(H,29,31)/b24-16-. The molecule has 0 atom stereocenters. The Hall–Kier alpha value is -4.17. The first kappa shape index (κ1) is 21.5. The number of nitriles is 1. The molecule has 0 fully saturated rings. The Morgan fingerprint density at radius 1 is 1.10 bits per heavy atom. The highest BCUT2D eigenvalue weighted by Crippen LogP contribution is 2.27. The van der Waals surface area contributed by atoms with Gasteiger partial charge in [-0.3, -0.25) is 4.79 Å². The van der Waals surface area contributed by atoms with E-state index in [1.165, 1.54) is 18.3 Å². The van der Waals surface area contributed by atoms with E-state index in [0.717, 1.165) is 11.1 Å². The first-order valence-electron chi connectivity index (χ1n) is 9.74. The summed E-state index contributed by atoms with van der Waals surface area (Å²) in [6.45, 7) is 5.48. The normalized spacial score (nSPS) is 10.8. The molecule has 0 aliphatic carbocycles. The van der Waals surface area contributed by atoms with Gasteiger partial charge < -0.3 is 10.6 Å². The highest BCUT2D eigenvalue weighted by Gasteiger charge is 2.14. The van der Waals surface area contributed by atoms with E-state index >= 15 is 0 Å². The summed E-state index contributed by atoms with van der Waals surface area (Å²) >= 11 is 0. The number of carbonyl (C=O) groups is 1. The van der Waals surface area contributed by atoms with Crippen LogP contribution >= 0.6 is 0 Å². The molecule has 3 rings (SSSR count). The zero-order valence-corrected chi connectivity index (χ0v) is 17.2. The molecule has 31 heavy (non-hydrogen) atoms. The molecule has 154 valence electrons. The molecule has 0 radical (unpaired) electrons. The van der Waals surface area contributed by atoms with Crippen LogP contribution < -0.4 is 10.6 Å². The van der Waals surface area contributed by atoms with Crippen molar-refractivity contribution >= 4 is 17.3 Å². The monoisotopic (exact) mass is 411 g/mol. The molecule has 0 saturated carbocycles. The third-order valence-corrected chi connectivity index (χ3v) is 4.83. The molecule has 3 aromatic carbocycles. The van der Waals surface area contributed by atoms with E-state index in [9.17, 15) is 14.4 Å². The van der Waals surface area contributed by atoms with Crippen molar-refractivity contribution in [3.05, 3.63) is 119 Å². The Balaban J connectivity index is 2.02. The maximum Gasteiger partial charge on any atom is 0.249 e. The minimum atomic E-state index is -0.573. The fourth-order valence-electron chi connectivity index (χ4n) is 3.21. The first-order valence-corrected chi connectivity index (χ1v) is 9.74. The maximum atomic E-state index is 14.8. The van der Waals surface area contributed by atoms with Crippen LogP contribution in [0, 0.1) is 24.1 Å². The van der Waals surface area contributed by atoms with Gasteiger partial charge in [-0.05, 0) is 53.9 Å². The quantitative estimate of drug-likeness (QED) is 0.518. The lowest BCUT2D eigenvalue weighted by molar-refractivity contribution is -0.115. The third kappa shape index (κ3) is 5.46. The Kier molecular flexibility index (Phi) is 6.97. The summed E-state index contributed by atoms with van der Waals surface area (Å²) < 4.78 is 14.8. The van der Waals surface area contributed by atoms with Gasteiger partial charge in [0.15, 0.2) is 0 Å². The first-order chi connectivity index (χ1) is 15.0. The van der Waals surface area contributed by atoms with Crippen LogP contribution in [0.25, 0.3) is 5.70 Å². The largest absolute Gasteiger partial charge is 0.352 e. The summed E-state index contributed by atoms with van der Waals surface area (Å²) in [5, 5.41) is 15.0. The topological polar surface area (TPSA) is 64.9 Å². The second-order valence-electron chi connectivity index (χ2n) is 6.97. The summed E-state index contributed by atoms with van der Waals surface area (Å²) in [4.78, 5) is 12.1. The number of hydrogen-bond acceptors (Lipinski definition) is 3. The van der Waals surface area contributed by atoms with Crippen LogP contribution in [0.1, 0.15) is 27.8 Å². The average molecular weight is 411 g/mol. The number of rotatable bonds is 7. The molecule has 4 nitrogen and oxygen atoms in total. The van der Waals surface area contributed by atoms with E-state index in [-0.39, 0.29) is 11.3 Å². The Morgan fingerprint density at radius 3 is 2.48 bits per heavy atom. The van der Waals surface area contributed by atoms with Crippen LogP contribution in [-0.4, -0.2) is 5.91 Å². The number of nitrogens with zero attached hydrogens (tertiary/aromatic N) is 1. The molecule has 3 aromatic rings. The Bertz CT molecular complexity index is 1180. The second kappa shape index (κ2) is 10.0. The zero-order chi connectivity index (χ0) is 22.2. The summed E-state index contributed by atoms with van der Waals surface area (Å²) in [5.41, 5.74) is 4.45. The lowest BCUT2D eigenvalue weighted by Gasteiger charge is -2.15. The van der Waals surface area contributed by atoms with E-state index in [2.05, 4.69) is 23.3 Å². The van der Waals surface area contributed by atoms with Crippen molar-refractivity contribution in [2.45, 2.75) is 13.3 Å². The molecule has 1 amide bonds. The van der Waals surface area contributed by atoms with Gasteiger partial charge in [0.1, 0.15) is 5.82 Å². The fourth-order valence-corrected chi connectivity index (χ4v) is 3.21. The Labute approximate surface area is 181 Å². The number of amides is 1. The number of carbonyl (C=O) groups excluding carboxylic acids is 1. The van der Waals surface area contributed by atoms with E-state index in [4.69, 9.17) is 0 Å². The van der Waals surface area contributed by atoms with Crippen molar-refractivity contribution in [3.8, 4) is 6.07 Å². The van der Waals surface area contributed by atoms with Crippen LogP contribution in [0.4, 0.5) is 10.1 Å². The van der Waals surface area contributed by atoms with Gasteiger partial charge >= 0.3 is 0 Å². The smallest absolute Gasteiger partial charge is 0.249 e. The van der Waals surface area contributed by atoms with Crippen molar-refractivity contribution in [2.75, 3.05) is 5.32 Å². The molecule has 0 saturated heterocycles. The molecule has 0 spiro atoms. The van der Waals surface area contributed by atoms with Gasteiger partial charge in [-0.1, -0.05) is 61.2 Å². The van der Waals surface area contributed by atoms with E-state index in [0.29, 0.717) is 23.2 Å². The predicted octanol–water partition coefficient (Wildman–Crippen LogP) is 5.31. The number of benzene rings is 3. The van der Waals surface area contributed by atoms with Crippen molar-refractivity contribution in [1.29, 1.82) is 5.26 Å². The van der Waals surface area contributed by atoms with Gasteiger partial charge in [0.25, 0.3) is 0 Å². The predicted molar refractivity (Wildman–Crippen MR) is 121 cm³/mol. The SMILES string of the molecule is C=CNC(=O)/C=C(\Nc1cc(Cc2ccccc2C)c(C#N)cc1F)c1ccccc1. The highest BCUT2D eigenvalue weighted by atomic mass is 19.1. The average Bonchev–Trinajstić information content (AvgIpc) is 2.77. The molecule has 5 heteroatoms. The fraction of sp³-hybridized carbons (Fsp3) is 0.0769. The van der Waals surface area contributed by atoms with Crippen LogP contribution in [0.3, 0.4) is 0 Å². The van der Waals surface area contributed by atoms with Crippen LogP contribution in [-0.2, 0) is 11.2 Å². The number of halogens is 1. The molecular formula is C26H22FN3O. The van der Waals surface area contributed by atoms with E-state index < -0.39 is 11.7 Å². The summed E-state index contributed by atoms with van der Waals surface area (Å²) in [6.07, 6.45) is 3.12. The summed E-state index contributed by atoms with van der Waals surface area (Å²) in [5.74, 6) is -0.966. The lowest BCUT2D eigenvalue weighted by Crippen LogP contribution is -2.15. The number of anilines is 1. The summed E-state index contributed by atoms with van der Waals surface area (Å²) in [7, 11) is 0. The van der Waals surface area contributed by atoms with Crippen molar-refractivity contribution in [3.63, 3.8) is 0 Å². The van der Waals surface area contributed by atoms with Crippen molar-refractivity contribution in [1.82, 2.24) is 5.32 Å². The van der Waals surface area contributed by atoms with Crippen LogP contribution in [0.5, 0.6) is 0 Å². The number of nitrogens with one attached hydrogen (secondary N) is 2. The van der Waals surface area contributed by atoms with Gasteiger partial charge in [-0.2, -0.15) is 5.26 Å². The molecular weight excluding hydrogens is 389 g/mol. The summed E-state index contributed by atoms with van der Waals surface area (Å²) in [6, 6.07) is 21.9. The van der Waals surface area contributed by atoms with Crippen LogP contribution in [0.2, 0.25) is 0 Å². The molecule has 0 aromatic heterocycles. The third-order valence-electron chi connectivity index (χ3n) is 4.83. The van der Waals surface area contributed by atoms with E-state index in [1.54, 1.807) is 6.07 Å². The van der Waals surface area contributed by atoms with Crippen molar-refractivity contribution in [2.24, 2.45) is 0 Å². The molecule has 0 heterocycles. The Morgan fingerprint density at radius 2 is 1.81 bits per heavy atom. The molecule has 0 unspecified atom stereocenters. The molecule has 0 aliphatic rings. The van der Waals surface area contributed by atoms with Gasteiger partial charge in [-0.15, -0.1) is 0 Å². The van der Waals surface area contributed by atoms with Gasteiger partial charge in [0.05, 0.1) is 23.0 Å². The zero-order valence-electron chi connectivity index (χ0n) is 17.2. The lowest BCUT2D eigenvalue weighted by atomic mass is 9.96. The van der Waals surface area contributed by atoms with Crippen LogP contribution in [0.15, 0.2) is 85.6 Å². The maximum absolute atomic E-state index is 14.8. The molecule has 0 aliphatic heterocycles. The van der Waals surface area contributed by atoms with Gasteiger partial charge in [0, 0.05) is 6.08 Å². The number of aryl methyl sites for hydroxylation is 1. The number of hydrogen-bond donors (Lipinski definition) is 2. The minimum Gasteiger partial charge on any atom is -0.352 e. The van der Waals surface area contributed by atoms with Gasteiger partial charge in [-0.25, -0.2) is 4.39 Å². The van der Waals surface area contributed by atoms with Gasteiger partial charge in [0.2, 0.25) is 5.91 Å². The van der Waals surface area contributed by atoms with Crippen molar-refractivity contribution < 1.29 is 9.18 Å². The molecule has 2 N–H and O–H groups in total. The highest BCUT2D eigenvalue weighted by molar-refractivity contribution is 5.98. The molecule has 0 bridgehead atoms.